The van der Waals surface area contributed by atoms with Crippen molar-refractivity contribution in [2.75, 3.05) is 41.9 Å². The molecule has 1 aromatic rings. The number of aliphatic hydroxyl groups is 1. The molecule has 1 unspecified atom stereocenters. The van der Waals surface area contributed by atoms with E-state index in [0.717, 1.165) is 17.8 Å². The van der Waals surface area contributed by atoms with Crippen LogP contribution in [0.15, 0.2) is 18.2 Å². The average molecular weight is 346 g/mol. The first-order chi connectivity index (χ1) is 11.9. The predicted octanol–water partition coefficient (Wildman–Crippen LogP) is -0.298. The molecule has 0 aromatic heterocycles. The van der Waals surface area contributed by atoms with E-state index >= 15 is 0 Å². The van der Waals surface area contributed by atoms with E-state index in [-0.39, 0.29) is 24.3 Å². The fraction of sp³-hybridized carbons (Fsp3) is 0.471. The second-order valence-corrected chi connectivity index (χ2v) is 6.50. The summed E-state index contributed by atoms with van der Waals surface area (Å²) in [5.74, 6) is -0.591. The topological polar surface area (TPSA) is 93.2 Å². The van der Waals surface area contributed by atoms with Crippen molar-refractivity contribution in [2.45, 2.75) is 25.0 Å². The van der Waals surface area contributed by atoms with Gasteiger partial charge in [0.2, 0.25) is 18.2 Å². The van der Waals surface area contributed by atoms with Crippen LogP contribution in [0.2, 0.25) is 0 Å². The quantitative estimate of drug-likeness (QED) is 0.562. The number of rotatable bonds is 5. The molecular weight excluding hydrogens is 324 g/mol. The number of carbonyl (C=O) groups excluding carboxylic acids is 3. The minimum absolute atomic E-state index is 0.261. The summed E-state index contributed by atoms with van der Waals surface area (Å²) in [6, 6.07) is 5.12. The minimum Gasteiger partial charge on any atom is -0.389 e. The van der Waals surface area contributed by atoms with E-state index in [1.54, 1.807) is 19.0 Å². The third kappa shape index (κ3) is 3.17. The smallest absolute Gasteiger partial charge is 0.249 e. The molecule has 3 amide bonds. The first kappa shape index (κ1) is 17.2. The molecule has 0 spiro atoms. The van der Waals surface area contributed by atoms with Crippen molar-refractivity contribution in [3.8, 4) is 0 Å². The summed E-state index contributed by atoms with van der Waals surface area (Å²) in [5, 5.41) is 12.0. The van der Waals surface area contributed by atoms with Gasteiger partial charge in [-0.15, -0.1) is 0 Å². The van der Waals surface area contributed by atoms with Crippen LogP contribution in [0, 0.1) is 0 Å². The Labute approximate surface area is 146 Å². The maximum absolute atomic E-state index is 12.2. The molecule has 8 heteroatoms. The zero-order valence-electron chi connectivity index (χ0n) is 14.3. The predicted molar refractivity (Wildman–Crippen MR) is 93.7 cm³/mol. The molecule has 1 atom stereocenters. The lowest BCUT2D eigenvalue weighted by atomic mass is 10.0. The van der Waals surface area contributed by atoms with Crippen LogP contribution in [-0.2, 0) is 14.4 Å². The summed E-state index contributed by atoms with van der Waals surface area (Å²) in [5.41, 5.74) is 2.23. The van der Waals surface area contributed by atoms with Crippen molar-refractivity contribution in [3.05, 3.63) is 18.2 Å². The van der Waals surface area contributed by atoms with Gasteiger partial charge in [-0.05, 0) is 18.6 Å². The molecule has 0 aliphatic carbocycles. The third-order valence-electron chi connectivity index (χ3n) is 4.76. The van der Waals surface area contributed by atoms with Crippen LogP contribution >= 0.6 is 0 Å². The van der Waals surface area contributed by atoms with Gasteiger partial charge in [-0.2, -0.15) is 0 Å². The molecule has 2 heterocycles. The van der Waals surface area contributed by atoms with Gasteiger partial charge in [0.1, 0.15) is 6.04 Å². The van der Waals surface area contributed by atoms with Crippen molar-refractivity contribution >= 4 is 35.3 Å². The Hall–Kier alpha value is -2.61. The molecule has 1 aromatic carbocycles. The Kier molecular flexibility index (Phi) is 4.63. The van der Waals surface area contributed by atoms with Crippen LogP contribution in [0.1, 0.15) is 12.8 Å². The van der Waals surface area contributed by atoms with Crippen molar-refractivity contribution < 1.29 is 19.5 Å². The van der Waals surface area contributed by atoms with Crippen LogP contribution in [0.4, 0.5) is 17.1 Å². The van der Waals surface area contributed by atoms with E-state index in [9.17, 15) is 19.5 Å². The van der Waals surface area contributed by atoms with Crippen LogP contribution in [0.5, 0.6) is 0 Å². The van der Waals surface area contributed by atoms with Crippen LogP contribution < -0.4 is 20.0 Å². The van der Waals surface area contributed by atoms with E-state index < -0.39 is 6.04 Å². The standard InChI is InChI=1S/C17H22N4O4/c1-19(10-22)16-12(4-3-5-13(16)21-8-11(23)9-21)20(2)14-6-7-15(24)18-17(14)25/h3-5,10-11,14,23H,6-9H2,1-2H3,(H,18,24,25). The second kappa shape index (κ2) is 6.72. The van der Waals surface area contributed by atoms with Crippen LogP contribution in [0.25, 0.3) is 0 Å². The number of para-hydroxylation sites is 1. The number of amides is 3. The first-order valence-corrected chi connectivity index (χ1v) is 8.23. The van der Waals surface area contributed by atoms with E-state index in [0.29, 0.717) is 25.2 Å². The molecule has 25 heavy (non-hydrogen) atoms. The summed E-state index contributed by atoms with van der Waals surface area (Å²) in [4.78, 5) is 40.3. The Balaban J connectivity index is 1.97. The lowest BCUT2D eigenvalue weighted by molar-refractivity contribution is -0.134. The van der Waals surface area contributed by atoms with Gasteiger partial charge in [0.15, 0.2) is 0 Å². The molecule has 2 aliphatic rings. The van der Waals surface area contributed by atoms with E-state index in [4.69, 9.17) is 0 Å². The molecule has 134 valence electrons. The second-order valence-electron chi connectivity index (χ2n) is 6.50. The van der Waals surface area contributed by atoms with E-state index in [1.165, 1.54) is 4.90 Å². The first-order valence-electron chi connectivity index (χ1n) is 8.23. The molecule has 2 aliphatic heterocycles. The number of hydrogen-bond donors (Lipinski definition) is 2. The summed E-state index contributed by atoms with van der Waals surface area (Å²) in [7, 11) is 3.44. The number of piperidine rings is 1. The van der Waals surface area contributed by atoms with Gasteiger partial charge in [-0.25, -0.2) is 0 Å². The third-order valence-corrected chi connectivity index (χ3v) is 4.76. The molecule has 2 fully saturated rings. The van der Waals surface area contributed by atoms with Crippen molar-refractivity contribution in [3.63, 3.8) is 0 Å². The number of nitrogens with one attached hydrogen (secondary N) is 1. The van der Waals surface area contributed by atoms with Gasteiger partial charge in [0, 0.05) is 33.6 Å². The largest absolute Gasteiger partial charge is 0.389 e. The average Bonchev–Trinajstić information content (AvgIpc) is 2.57. The highest BCUT2D eigenvalue weighted by Crippen LogP contribution is 2.40. The highest BCUT2D eigenvalue weighted by Gasteiger charge is 2.33. The number of carbonyl (C=O) groups is 3. The number of likely N-dealkylation sites (N-methyl/N-ethyl adjacent to an activating group) is 1. The number of β-amino-alcohol motifs (C(OH)–C–C–N with tert-alkyl or cyclic N) is 1. The van der Waals surface area contributed by atoms with E-state index in [1.807, 2.05) is 23.1 Å². The zero-order chi connectivity index (χ0) is 18.1. The maximum Gasteiger partial charge on any atom is 0.249 e. The molecule has 2 saturated heterocycles. The number of imide groups is 1. The molecule has 3 rings (SSSR count). The highest BCUT2D eigenvalue weighted by molar-refractivity contribution is 6.03. The molecule has 0 saturated carbocycles. The summed E-state index contributed by atoms with van der Waals surface area (Å²) < 4.78 is 0. The molecule has 2 N–H and O–H groups in total. The summed E-state index contributed by atoms with van der Waals surface area (Å²) in [6.45, 7) is 1.01. The molecule has 0 radical (unpaired) electrons. The van der Waals surface area contributed by atoms with Crippen molar-refractivity contribution in [1.82, 2.24) is 5.32 Å². The Morgan fingerprint density at radius 1 is 1.28 bits per heavy atom. The zero-order valence-corrected chi connectivity index (χ0v) is 14.3. The summed E-state index contributed by atoms with van der Waals surface area (Å²) >= 11 is 0. The number of anilines is 3. The molecular formula is C17H22N4O4. The Morgan fingerprint density at radius 3 is 2.60 bits per heavy atom. The Morgan fingerprint density at radius 2 is 2.00 bits per heavy atom. The number of hydrogen-bond acceptors (Lipinski definition) is 6. The number of benzene rings is 1. The van der Waals surface area contributed by atoms with Crippen molar-refractivity contribution in [2.24, 2.45) is 0 Å². The van der Waals surface area contributed by atoms with Crippen LogP contribution in [0.3, 0.4) is 0 Å². The SMILES string of the molecule is CN(C=O)c1c(N2CC(O)C2)cccc1N(C)C1CCC(=O)NC1=O. The number of aliphatic hydroxyl groups excluding tert-OH is 1. The van der Waals surface area contributed by atoms with Gasteiger partial charge in [0.25, 0.3) is 0 Å². The highest BCUT2D eigenvalue weighted by atomic mass is 16.3. The van der Waals surface area contributed by atoms with Gasteiger partial charge >= 0.3 is 0 Å². The van der Waals surface area contributed by atoms with E-state index in [2.05, 4.69) is 5.32 Å². The van der Waals surface area contributed by atoms with Gasteiger partial charge < -0.3 is 19.8 Å². The fourth-order valence-electron chi connectivity index (χ4n) is 3.34. The van der Waals surface area contributed by atoms with Crippen LogP contribution in [-0.4, -0.2) is 62.7 Å². The monoisotopic (exact) mass is 346 g/mol. The normalized spacial score (nSPS) is 20.8. The lowest BCUT2D eigenvalue weighted by Crippen LogP contribution is -2.52. The molecule has 0 bridgehead atoms. The van der Waals surface area contributed by atoms with Gasteiger partial charge in [0.05, 0.1) is 23.2 Å². The minimum atomic E-state index is -0.478. The Bertz CT molecular complexity index is 702. The summed E-state index contributed by atoms with van der Waals surface area (Å²) in [6.07, 6.45) is 1.07. The van der Waals surface area contributed by atoms with Gasteiger partial charge in [-0.3, -0.25) is 19.7 Å². The fourth-order valence-corrected chi connectivity index (χ4v) is 3.34. The van der Waals surface area contributed by atoms with Gasteiger partial charge in [-0.1, -0.05) is 6.07 Å². The number of nitrogens with zero attached hydrogens (tertiary/aromatic N) is 3. The lowest BCUT2D eigenvalue weighted by Gasteiger charge is -2.41. The maximum atomic E-state index is 12.2. The van der Waals surface area contributed by atoms with Crippen molar-refractivity contribution in [1.29, 1.82) is 0 Å². The molecule has 8 nitrogen and oxygen atoms in total.